The Labute approximate surface area is 219 Å². The van der Waals surface area contributed by atoms with Crippen molar-refractivity contribution in [2.75, 3.05) is 6.61 Å². The number of halogens is 1. The number of hydrogen-bond acceptors (Lipinski definition) is 3. The number of nitrogens with one attached hydrogen (secondary N) is 1. The van der Waals surface area contributed by atoms with Crippen molar-refractivity contribution in [2.24, 2.45) is 0 Å². The Bertz CT molecular complexity index is 1070. The summed E-state index contributed by atoms with van der Waals surface area (Å²) in [6, 6.07) is 26.2. The van der Waals surface area contributed by atoms with Crippen LogP contribution in [0.4, 0.5) is 0 Å². The molecule has 0 heterocycles. The second kappa shape index (κ2) is 14.3. The Morgan fingerprint density at radius 1 is 0.917 bits per heavy atom. The van der Waals surface area contributed by atoms with Crippen molar-refractivity contribution in [1.82, 2.24) is 10.2 Å². The molecule has 0 saturated heterocycles. The molecule has 190 valence electrons. The summed E-state index contributed by atoms with van der Waals surface area (Å²) in [7, 11) is 0. The Morgan fingerprint density at radius 2 is 1.53 bits per heavy atom. The molecular formula is C30H35ClN2O3. The highest BCUT2D eigenvalue weighted by Crippen LogP contribution is 2.18. The van der Waals surface area contributed by atoms with Crippen LogP contribution in [0.3, 0.4) is 0 Å². The summed E-state index contributed by atoms with van der Waals surface area (Å²) < 4.78 is 5.77. The molecule has 2 atom stereocenters. The summed E-state index contributed by atoms with van der Waals surface area (Å²) in [5, 5.41) is 3.74. The third kappa shape index (κ3) is 8.72. The van der Waals surface area contributed by atoms with Gasteiger partial charge in [-0.25, -0.2) is 0 Å². The van der Waals surface area contributed by atoms with Crippen molar-refractivity contribution in [2.45, 2.75) is 58.2 Å². The molecule has 0 saturated carbocycles. The number of carbonyl (C=O) groups excluding carboxylic acids is 2. The quantitative estimate of drug-likeness (QED) is 0.287. The molecule has 0 aliphatic carbocycles. The Hall–Kier alpha value is -3.31. The van der Waals surface area contributed by atoms with E-state index in [0.29, 0.717) is 36.8 Å². The van der Waals surface area contributed by atoms with Crippen molar-refractivity contribution in [1.29, 1.82) is 0 Å². The first kappa shape index (κ1) is 27.3. The van der Waals surface area contributed by atoms with E-state index in [4.69, 9.17) is 16.3 Å². The van der Waals surface area contributed by atoms with Crippen LogP contribution in [0.5, 0.6) is 5.75 Å². The van der Waals surface area contributed by atoms with Gasteiger partial charge in [0.25, 0.3) is 0 Å². The van der Waals surface area contributed by atoms with Gasteiger partial charge in [-0.3, -0.25) is 9.59 Å². The van der Waals surface area contributed by atoms with Crippen molar-refractivity contribution >= 4 is 23.4 Å². The van der Waals surface area contributed by atoms with E-state index in [0.717, 1.165) is 17.5 Å². The SMILES string of the molecule is CCC(C)NC(=O)C(Cc1ccccc1)N(Cc1ccccc1)C(=O)CCCOc1ccc(Cl)cc1. The van der Waals surface area contributed by atoms with Crippen LogP contribution in [-0.2, 0) is 22.6 Å². The molecule has 0 aliphatic rings. The van der Waals surface area contributed by atoms with Gasteiger partial charge >= 0.3 is 0 Å². The lowest BCUT2D eigenvalue weighted by molar-refractivity contribution is -0.141. The van der Waals surface area contributed by atoms with Gasteiger partial charge in [-0.1, -0.05) is 79.2 Å². The lowest BCUT2D eigenvalue weighted by Crippen LogP contribution is -2.52. The zero-order valence-electron chi connectivity index (χ0n) is 21.0. The van der Waals surface area contributed by atoms with E-state index >= 15 is 0 Å². The van der Waals surface area contributed by atoms with Gasteiger partial charge in [-0.05, 0) is 55.2 Å². The number of amides is 2. The molecule has 3 rings (SSSR count). The van der Waals surface area contributed by atoms with E-state index in [9.17, 15) is 9.59 Å². The minimum Gasteiger partial charge on any atom is -0.494 e. The van der Waals surface area contributed by atoms with E-state index in [1.165, 1.54) is 0 Å². The average molecular weight is 507 g/mol. The third-order valence-electron chi connectivity index (χ3n) is 6.09. The molecule has 5 nitrogen and oxygen atoms in total. The Balaban J connectivity index is 1.76. The normalized spacial score (nSPS) is 12.4. The minimum absolute atomic E-state index is 0.0252. The molecule has 0 radical (unpaired) electrons. The van der Waals surface area contributed by atoms with E-state index in [2.05, 4.69) is 5.32 Å². The molecule has 36 heavy (non-hydrogen) atoms. The number of nitrogens with zero attached hydrogens (tertiary/aromatic N) is 1. The van der Waals surface area contributed by atoms with Crippen molar-refractivity contribution in [3.05, 3.63) is 101 Å². The molecule has 2 unspecified atom stereocenters. The first-order valence-electron chi connectivity index (χ1n) is 12.5. The zero-order valence-corrected chi connectivity index (χ0v) is 21.8. The highest BCUT2D eigenvalue weighted by Gasteiger charge is 2.30. The molecule has 3 aromatic rings. The number of hydrogen-bond donors (Lipinski definition) is 1. The molecule has 1 N–H and O–H groups in total. The number of benzene rings is 3. The summed E-state index contributed by atoms with van der Waals surface area (Å²) in [5.74, 6) is 0.511. The molecule has 0 aliphatic heterocycles. The topological polar surface area (TPSA) is 58.6 Å². The summed E-state index contributed by atoms with van der Waals surface area (Å²) in [6.45, 7) is 4.78. The van der Waals surface area contributed by atoms with Gasteiger partial charge in [0.1, 0.15) is 11.8 Å². The molecule has 0 spiro atoms. The number of rotatable bonds is 13. The summed E-state index contributed by atoms with van der Waals surface area (Å²) in [4.78, 5) is 28.7. The second-order valence-electron chi connectivity index (χ2n) is 8.94. The summed E-state index contributed by atoms with van der Waals surface area (Å²) in [6.07, 6.45) is 2.08. The molecule has 6 heteroatoms. The minimum atomic E-state index is -0.619. The predicted molar refractivity (Wildman–Crippen MR) is 145 cm³/mol. The molecule has 0 bridgehead atoms. The van der Waals surface area contributed by atoms with Crippen LogP contribution in [0.2, 0.25) is 5.02 Å². The van der Waals surface area contributed by atoms with Crippen LogP contribution in [0.1, 0.15) is 44.2 Å². The van der Waals surface area contributed by atoms with Crippen molar-refractivity contribution in [3.8, 4) is 5.75 Å². The van der Waals surface area contributed by atoms with E-state index in [1.807, 2.05) is 74.5 Å². The van der Waals surface area contributed by atoms with Gasteiger partial charge in [0, 0.05) is 30.5 Å². The van der Waals surface area contributed by atoms with Gasteiger partial charge < -0.3 is 15.0 Å². The average Bonchev–Trinajstić information content (AvgIpc) is 2.90. The van der Waals surface area contributed by atoms with Crippen molar-refractivity contribution < 1.29 is 14.3 Å². The number of ether oxygens (including phenoxy) is 1. The third-order valence-corrected chi connectivity index (χ3v) is 6.34. The highest BCUT2D eigenvalue weighted by atomic mass is 35.5. The van der Waals surface area contributed by atoms with Gasteiger partial charge in [0.05, 0.1) is 6.61 Å². The van der Waals surface area contributed by atoms with E-state index in [1.54, 1.807) is 29.2 Å². The van der Waals surface area contributed by atoms with Gasteiger partial charge in [0.15, 0.2) is 0 Å². The van der Waals surface area contributed by atoms with Crippen LogP contribution < -0.4 is 10.1 Å². The first-order chi connectivity index (χ1) is 17.5. The maximum absolute atomic E-state index is 13.6. The van der Waals surface area contributed by atoms with Crippen molar-refractivity contribution in [3.63, 3.8) is 0 Å². The number of carbonyl (C=O) groups is 2. The lowest BCUT2D eigenvalue weighted by atomic mass is 10.0. The van der Waals surface area contributed by atoms with E-state index < -0.39 is 6.04 Å². The second-order valence-corrected chi connectivity index (χ2v) is 9.37. The molecular weight excluding hydrogens is 472 g/mol. The predicted octanol–water partition coefficient (Wildman–Crippen LogP) is 6.05. The molecule has 2 amide bonds. The monoisotopic (exact) mass is 506 g/mol. The van der Waals surface area contributed by atoms with Crippen LogP contribution in [0, 0.1) is 0 Å². The molecule has 0 fully saturated rings. The molecule has 0 aromatic heterocycles. The standard InChI is InChI=1S/C30H35ClN2O3/c1-3-23(2)32-30(35)28(21-24-11-6-4-7-12-24)33(22-25-13-8-5-9-14-25)29(34)15-10-20-36-27-18-16-26(31)17-19-27/h4-9,11-14,16-19,23,28H,3,10,15,20-22H2,1-2H3,(H,32,35). The largest absolute Gasteiger partial charge is 0.494 e. The Kier molecular flexibility index (Phi) is 10.8. The Morgan fingerprint density at radius 3 is 2.14 bits per heavy atom. The fraction of sp³-hybridized carbons (Fsp3) is 0.333. The maximum atomic E-state index is 13.6. The van der Waals surface area contributed by atoms with Crippen LogP contribution in [0.15, 0.2) is 84.9 Å². The zero-order chi connectivity index (χ0) is 25.8. The van der Waals surface area contributed by atoms with Crippen LogP contribution >= 0.6 is 11.6 Å². The van der Waals surface area contributed by atoms with E-state index in [-0.39, 0.29) is 24.3 Å². The first-order valence-corrected chi connectivity index (χ1v) is 12.9. The fourth-order valence-electron chi connectivity index (χ4n) is 3.86. The lowest BCUT2D eigenvalue weighted by Gasteiger charge is -2.32. The molecule has 3 aromatic carbocycles. The fourth-order valence-corrected chi connectivity index (χ4v) is 3.99. The summed E-state index contributed by atoms with van der Waals surface area (Å²) >= 11 is 5.93. The smallest absolute Gasteiger partial charge is 0.243 e. The highest BCUT2D eigenvalue weighted by molar-refractivity contribution is 6.30. The van der Waals surface area contributed by atoms with Crippen LogP contribution in [0.25, 0.3) is 0 Å². The van der Waals surface area contributed by atoms with Gasteiger partial charge in [-0.2, -0.15) is 0 Å². The van der Waals surface area contributed by atoms with Gasteiger partial charge in [-0.15, -0.1) is 0 Å². The van der Waals surface area contributed by atoms with Gasteiger partial charge in [0.2, 0.25) is 11.8 Å². The van der Waals surface area contributed by atoms with Crippen LogP contribution in [-0.4, -0.2) is 35.4 Å². The maximum Gasteiger partial charge on any atom is 0.243 e. The summed E-state index contributed by atoms with van der Waals surface area (Å²) in [5.41, 5.74) is 2.00.